The maximum absolute atomic E-state index is 11.1. The molecule has 4 N–H and O–H groups in total. The summed E-state index contributed by atoms with van der Waals surface area (Å²) in [4.78, 5) is 25.3. The van der Waals surface area contributed by atoms with Gasteiger partial charge in [-0.15, -0.1) is 0 Å². The number of nitrogens with zero attached hydrogens (tertiary/aromatic N) is 1. The van der Waals surface area contributed by atoms with Gasteiger partial charge in [-0.05, 0) is 12.1 Å². The largest absolute Gasteiger partial charge is 0.445 e. The molecule has 0 aliphatic rings. The molecule has 1 radical (unpaired) electrons. The molecule has 0 bridgehead atoms. The first-order chi connectivity index (χ1) is 8.54. The van der Waals surface area contributed by atoms with Gasteiger partial charge in [0.1, 0.15) is 12.4 Å². The zero-order valence-corrected chi connectivity index (χ0v) is 9.42. The van der Waals surface area contributed by atoms with Crippen LogP contribution in [0.15, 0.2) is 29.3 Å². The molecule has 1 rings (SSSR count). The number of hydrogen-bond donors (Lipinski definition) is 2. The van der Waals surface area contributed by atoms with E-state index in [1.807, 2.05) is 0 Å². The van der Waals surface area contributed by atoms with E-state index in [2.05, 4.69) is 9.73 Å². The van der Waals surface area contributed by atoms with Gasteiger partial charge in [-0.25, -0.2) is 4.79 Å². The molecular weight excluding hydrogens is 238 g/mol. The number of carbonyl (C=O) groups excluding carboxylic acids is 2. The van der Waals surface area contributed by atoms with Crippen LogP contribution in [0.4, 0.5) is 4.79 Å². The Morgan fingerprint density at radius 3 is 2.33 bits per heavy atom. The molecule has 0 heterocycles. The standard InChI is InChI=1S/C11H12N3O4/c12-9(14-11(17)18-6-5-15)7-1-3-8(4-2-7)10(13)16/h1-4,13,15H,5-6H2,(H2,12,14,17). The number of ether oxygens (including phenoxy) is 1. The second kappa shape index (κ2) is 6.36. The van der Waals surface area contributed by atoms with E-state index >= 15 is 0 Å². The maximum Gasteiger partial charge on any atom is 0.435 e. The fourth-order valence-electron chi connectivity index (χ4n) is 1.12. The highest BCUT2D eigenvalue weighted by molar-refractivity contribution is 6.03. The van der Waals surface area contributed by atoms with Gasteiger partial charge in [-0.1, -0.05) is 12.1 Å². The summed E-state index contributed by atoms with van der Waals surface area (Å²) in [5, 5.41) is 8.44. The summed E-state index contributed by atoms with van der Waals surface area (Å²) in [6.07, 6.45) is -0.901. The number of amides is 2. The summed E-state index contributed by atoms with van der Waals surface area (Å²) >= 11 is 0. The number of aliphatic imine (C=N–C) groups is 1. The van der Waals surface area contributed by atoms with E-state index < -0.39 is 12.0 Å². The van der Waals surface area contributed by atoms with Gasteiger partial charge in [0.15, 0.2) is 0 Å². The fraction of sp³-hybridized carbons (Fsp3) is 0.182. The lowest BCUT2D eigenvalue weighted by Gasteiger charge is -2.02. The highest BCUT2D eigenvalue weighted by Gasteiger charge is 2.05. The molecule has 0 atom stereocenters. The summed E-state index contributed by atoms with van der Waals surface area (Å²) in [6.45, 7) is -0.441. The van der Waals surface area contributed by atoms with Crippen molar-refractivity contribution in [3.8, 4) is 0 Å². The summed E-state index contributed by atoms with van der Waals surface area (Å²) in [6, 6.07) is 5.76. The number of rotatable bonds is 4. The van der Waals surface area contributed by atoms with Gasteiger partial charge in [0, 0.05) is 11.1 Å². The third kappa shape index (κ3) is 3.87. The van der Waals surface area contributed by atoms with Crippen LogP contribution in [-0.4, -0.2) is 36.2 Å². The van der Waals surface area contributed by atoms with E-state index in [1.165, 1.54) is 24.3 Å². The van der Waals surface area contributed by atoms with E-state index in [9.17, 15) is 9.59 Å². The number of aliphatic hydroxyl groups excluding tert-OH is 1. The minimum absolute atomic E-state index is 0.0677. The van der Waals surface area contributed by atoms with Crippen LogP contribution >= 0.6 is 0 Å². The Labute approximate surface area is 103 Å². The number of amidine groups is 1. The molecule has 0 aliphatic heterocycles. The summed E-state index contributed by atoms with van der Waals surface area (Å²) in [5.41, 5.74) is 13.1. The van der Waals surface area contributed by atoms with Gasteiger partial charge >= 0.3 is 6.09 Å². The highest BCUT2D eigenvalue weighted by atomic mass is 16.6. The van der Waals surface area contributed by atoms with Gasteiger partial charge in [-0.2, -0.15) is 4.99 Å². The van der Waals surface area contributed by atoms with Crippen LogP contribution in [-0.2, 0) is 4.74 Å². The molecular formula is C11H12N3O4. The number of carbonyl (C=O) groups is 2. The molecule has 0 saturated heterocycles. The van der Waals surface area contributed by atoms with Crippen LogP contribution in [0.5, 0.6) is 0 Å². The maximum atomic E-state index is 11.1. The van der Waals surface area contributed by atoms with Crippen molar-refractivity contribution in [1.29, 1.82) is 0 Å². The van der Waals surface area contributed by atoms with Crippen molar-refractivity contribution in [3.63, 3.8) is 0 Å². The van der Waals surface area contributed by atoms with Gasteiger partial charge in [0.2, 0.25) is 0 Å². The van der Waals surface area contributed by atoms with E-state index in [0.717, 1.165) is 0 Å². The topological polar surface area (TPSA) is 126 Å². The van der Waals surface area contributed by atoms with E-state index in [-0.39, 0.29) is 24.6 Å². The summed E-state index contributed by atoms with van der Waals surface area (Å²) < 4.78 is 4.50. The Balaban J connectivity index is 2.77. The zero-order valence-electron chi connectivity index (χ0n) is 9.42. The minimum atomic E-state index is -0.901. The van der Waals surface area contributed by atoms with Gasteiger partial charge < -0.3 is 15.6 Å². The second-order valence-corrected chi connectivity index (χ2v) is 3.24. The van der Waals surface area contributed by atoms with Crippen molar-refractivity contribution in [2.75, 3.05) is 13.2 Å². The Bertz CT molecular complexity index is 468. The molecule has 0 aromatic heterocycles. The zero-order chi connectivity index (χ0) is 13.5. The van der Waals surface area contributed by atoms with Crippen molar-refractivity contribution in [1.82, 2.24) is 5.73 Å². The molecule has 1 aromatic carbocycles. The first-order valence-electron chi connectivity index (χ1n) is 5.02. The number of hydrogen-bond acceptors (Lipinski definition) is 4. The Morgan fingerprint density at radius 1 is 1.28 bits per heavy atom. The van der Waals surface area contributed by atoms with Gasteiger partial charge in [-0.3, -0.25) is 10.5 Å². The Morgan fingerprint density at radius 2 is 1.83 bits per heavy atom. The van der Waals surface area contributed by atoms with Gasteiger partial charge in [0.25, 0.3) is 5.91 Å². The lowest BCUT2D eigenvalue weighted by Crippen LogP contribution is -2.17. The third-order valence-electron chi connectivity index (χ3n) is 1.97. The molecule has 7 nitrogen and oxygen atoms in total. The predicted molar refractivity (Wildman–Crippen MR) is 63.0 cm³/mol. The molecule has 18 heavy (non-hydrogen) atoms. The smallest absolute Gasteiger partial charge is 0.435 e. The van der Waals surface area contributed by atoms with Crippen molar-refractivity contribution in [3.05, 3.63) is 35.4 Å². The fourth-order valence-corrected chi connectivity index (χ4v) is 1.12. The van der Waals surface area contributed by atoms with E-state index in [0.29, 0.717) is 5.56 Å². The number of nitrogens with one attached hydrogen (secondary N) is 1. The number of benzene rings is 1. The molecule has 1 aromatic rings. The van der Waals surface area contributed by atoms with Gasteiger partial charge in [0.05, 0.1) is 6.61 Å². The van der Waals surface area contributed by atoms with Crippen LogP contribution in [0.1, 0.15) is 15.9 Å². The molecule has 0 aliphatic carbocycles. The first kappa shape index (κ1) is 13.7. The summed E-state index contributed by atoms with van der Waals surface area (Å²) in [7, 11) is 0. The van der Waals surface area contributed by atoms with Crippen LogP contribution in [0.25, 0.3) is 0 Å². The number of aliphatic hydroxyl groups is 1. The van der Waals surface area contributed by atoms with Crippen LogP contribution < -0.4 is 11.5 Å². The second-order valence-electron chi connectivity index (χ2n) is 3.24. The van der Waals surface area contributed by atoms with E-state index in [1.54, 1.807) is 0 Å². The molecule has 0 spiro atoms. The molecule has 7 heteroatoms. The van der Waals surface area contributed by atoms with Crippen molar-refractivity contribution in [2.45, 2.75) is 0 Å². The number of nitrogens with two attached hydrogens (primary N) is 1. The lowest BCUT2D eigenvalue weighted by molar-refractivity contribution is 0.0992. The molecule has 0 saturated carbocycles. The Kier molecular flexibility index (Phi) is 4.82. The first-order valence-corrected chi connectivity index (χ1v) is 5.02. The predicted octanol–water partition coefficient (Wildman–Crippen LogP) is -0.0561. The van der Waals surface area contributed by atoms with Crippen LogP contribution in [0, 0.1) is 0 Å². The molecule has 0 unspecified atom stereocenters. The van der Waals surface area contributed by atoms with Crippen molar-refractivity contribution < 1.29 is 19.4 Å². The highest BCUT2D eigenvalue weighted by Crippen LogP contribution is 2.04. The molecule has 0 fully saturated rings. The average Bonchev–Trinajstić information content (AvgIpc) is 2.36. The quantitative estimate of drug-likeness (QED) is 0.572. The molecule has 2 amide bonds. The van der Waals surface area contributed by atoms with Crippen molar-refractivity contribution in [2.24, 2.45) is 10.7 Å². The normalized spacial score (nSPS) is 11.1. The molecule has 95 valence electrons. The summed E-state index contributed by atoms with van der Waals surface area (Å²) in [5.74, 6) is -0.874. The monoisotopic (exact) mass is 250 g/mol. The SMILES string of the molecule is [NH]C(=O)c1ccc(C(N)=NC(=O)OCCO)cc1. The van der Waals surface area contributed by atoms with E-state index in [4.69, 9.17) is 16.6 Å². The van der Waals surface area contributed by atoms with Crippen molar-refractivity contribution >= 4 is 17.8 Å². The minimum Gasteiger partial charge on any atom is -0.445 e. The van der Waals surface area contributed by atoms with Crippen LogP contribution in [0.3, 0.4) is 0 Å². The average molecular weight is 250 g/mol. The van der Waals surface area contributed by atoms with Crippen LogP contribution in [0.2, 0.25) is 0 Å². The third-order valence-corrected chi connectivity index (χ3v) is 1.97. The lowest BCUT2D eigenvalue weighted by atomic mass is 10.1. The Hall–Kier alpha value is -2.41.